The molecule has 0 aliphatic heterocycles. The molecule has 0 N–H and O–H groups in total. The zero-order valence-corrected chi connectivity index (χ0v) is 9.57. The minimum Gasteiger partial charge on any atom is -0.379 e. The highest BCUT2D eigenvalue weighted by atomic mass is 28.4. The Labute approximate surface area is 94.8 Å². The molecule has 0 aromatic heterocycles. The van der Waals surface area contributed by atoms with Crippen LogP contribution in [0.4, 0.5) is 26.3 Å². The van der Waals surface area contributed by atoms with Crippen LogP contribution in [0.2, 0.25) is 0 Å². The maximum absolute atomic E-state index is 11.9. The summed E-state index contributed by atoms with van der Waals surface area (Å²) in [5, 5.41) is 0. The van der Waals surface area contributed by atoms with Crippen molar-refractivity contribution in [3.05, 3.63) is 24.6 Å². The molecule has 0 heterocycles. The molecule has 0 saturated heterocycles. The van der Waals surface area contributed by atoms with Gasteiger partial charge in [-0.15, -0.1) is 13.2 Å². The molecule has 0 saturated carbocycles. The third-order valence-electron chi connectivity index (χ3n) is 1.49. The zero-order valence-electron chi connectivity index (χ0n) is 8.57. The fraction of sp³-hybridized carbons (Fsp3) is 0.500. The van der Waals surface area contributed by atoms with E-state index < -0.39 is 34.1 Å². The molecule has 0 unspecified atom stereocenters. The van der Waals surface area contributed by atoms with Crippen molar-refractivity contribution in [2.24, 2.45) is 0 Å². The Morgan fingerprint density at radius 2 is 1.12 bits per heavy atom. The van der Waals surface area contributed by atoms with Gasteiger partial charge in [-0.1, -0.05) is 0 Å². The van der Waals surface area contributed by atoms with Gasteiger partial charge in [0.2, 0.25) is 0 Å². The third kappa shape index (κ3) is 7.18. The number of halogens is 6. The van der Waals surface area contributed by atoms with E-state index in [-0.39, 0.29) is 0 Å². The fourth-order valence-electron chi connectivity index (χ4n) is 0.750. The molecule has 0 bridgehead atoms. The molecule has 100 valence electrons. The average molecular weight is 280 g/mol. The van der Waals surface area contributed by atoms with Crippen LogP contribution in [-0.4, -0.2) is 34.1 Å². The molecule has 0 aromatic carbocycles. The van der Waals surface area contributed by atoms with E-state index in [0.29, 0.717) is 0 Å². The molecule has 0 spiro atoms. The highest BCUT2D eigenvalue weighted by molar-refractivity contribution is 6.77. The van der Waals surface area contributed by atoms with Crippen LogP contribution in [0.3, 0.4) is 0 Å². The molecule has 0 fully saturated rings. The Balaban J connectivity index is 4.57. The summed E-state index contributed by atoms with van der Waals surface area (Å²) < 4.78 is 80.0. The lowest BCUT2D eigenvalue weighted by Gasteiger charge is -2.25. The number of hydrogen-bond donors (Lipinski definition) is 0. The topological polar surface area (TPSA) is 18.5 Å². The molecule has 9 heteroatoms. The van der Waals surface area contributed by atoms with Gasteiger partial charge in [0.25, 0.3) is 0 Å². The minimum atomic E-state index is -4.66. The summed E-state index contributed by atoms with van der Waals surface area (Å²) in [5.41, 5.74) is 1.61. The second kappa shape index (κ2) is 5.69. The molecule has 17 heavy (non-hydrogen) atoms. The van der Waals surface area contributed by atoms with Crippen molar-refractivity contribution in [1.29, 1.82) is 0 Å². The van der Waals surface area contributed by atoms with Gasteiger partial charge in [0.15, 0.2) is 0 Å². The van der Waals surface area contributed by atoms with Gasteiger partial charge < -0.3 is 8.85 Å². The zero-order chi connectivity index (χ0) is 13.7. The summed E-state index contributed by atoms with van der Waals surface area (Å²) in [6.07, 6.45) is -9.32. The van der Waals surface area contributed by atoms with E-state index in [1.165, 1.54) is 0 Å². The maximum atomic E-state index is 11.9. The van der Waals surface area contributed by atoms with Crippen molar-refractivity contribution in [2.75, 3.05) is 13.2 Å². The largest absolute Gasteiger partial charge is 0.410 e. The van der Waals surface area contributed by atoms with Crippen molar-refractivity contribution in [2.45, 2.75) is 12.4 Å². The summed E-state index contributed by atoms with van der Waals surface area (Å²) in [7, 11) is -3.88. The molecule has 2 nitrogen and oxygen atoms in total. The standard InChI is InChI=1S/C8H10F6O2Si/c1-3-17(4-2,15-5-7(9,10)11)16-6-8(12,13)14/h3-4H,1-2,5-6H2. The lowest BCUT2D eigenvalue weighted by atomic mass is 10.7. The van der Waals surface area contributed by atoms with Crippen molar-refractivity contribution in [3.63, 3.8) is 0 Å². The predicted molar refractivity (Wildman–Crippen MR) is 50.2 cm³/mol. The third-order valence-corrected chi connectivity index (χ3v) is 3.82. The van der Waals surface area contributed by atoms with Gasteiger partial charge in [0.05, 0.1) is 0 Å². The minimum absolute atomic E-state index is 0.803. The van der Waals surface area contributed by atoms with E-state index in [9.17, 15) is 26.3 Å². The lowest BCUT2D eigenvalue weighted by Crippen LogP contribution is -2.43. The van der Waals surface area contributed by atoms with Gasteiger partial charge in [-0.2, -0.15) is 26.3 Å². The van der Waals surface area contributed by atoms with Gasteiger partial charge in [0.1, 0.15) is 13.2 Å². The smallest absolute Gasteiger partial charge is 0.379 e. The summed E-state index contributed by atoms with van der Waals surface area (Å²) in [5.74, 6) is 0. The molecule has 0 radical (unpaired) electrons. The van der Waals surface area contributed by atoms with E-state index in [2.05, 4.69) is 22.0 Å². The van der Waals surface area contributed by atoms with E-state index in [4.69, 9.17) is 0 Å². The molecule has 0 aliphatic carbocycles. The Bertz CT molecular complexity index is 244. The van der Waals surface area contributed by atoms with E-state index in [0.717, 1.165) is 11.4 Å². The van der Waals surface area contributed by atoms with Crippen molar-refractivity contribution in [3.8, 4) is 0 Å². The van der Waals surface area contributed by atoms with Crippen LogP contribution < -0.4 is 0 Å². The molecule has 0 aromatic rings. The number of rotatable bonds is 6. The van der Waals surface area contributed by atoms with Crippen LogP contribution in [0.25, 0.3) is 0 Å². The predicted octanol–water partition coefficient (Wildman–Crippen LogP) is 3.04. The summed E-state index contributed by atoms with van der Waals surface area (Å²) in [4.78, 5) is 0. The second-order valence-electron chi connectivity index (χ2n) is 2.94. The van der Waals surface area contributed by atoms with Crippen LogP contribution in [0.1, 0.15) is 0 Å². The quantitative estimate of drug-likeness (QED) is 0.550. The maximum Gasteiger partial charge on any atom is 0.410 e. The van der Waals surface area contributed by atoms with Gasteiger partial charge >= 0.3 is 20.9 Å². The lowest BCUT2D eigenvalue weighted by molar-refractivity contribution is -0.170. The Hall–Kier alpha value is -0.803. The summed E-state index contributed by atoms with van der Waals surface area (Å²) in [6, 6.07) is 0. The first-order valence-electron chi connectivity index (χ1n) is 4.22. The molecule has 0 aliphatic rings. The van der Waals surface area contributed by atoms with E-state index in [1.54, 1.807) is 0 Å². The summed E-state index contributed by atoms with van der Waals surface area (Å²) in [6.45, 7) is 2.80. The van der Waals surface area contributed by atoms with Crippen molar-refractivity contribution < 1.29 is 35.2 Å². The monoisotopic (exact) mass is 280 g/mol. The number of alkyl halides is 6. The van der Waals surface area contributed by atoms with Crippen LogP contribution in [0.5, 0.6) is 0 Å². The molecular formula is C8H10F6O2Si. The van der Waals surface area contributed by atoms with Crippen LogP contribution >= 0.6 is 0 Å². The normalized spacial score (nSPS) is 13.5. The Kier molecular flexibility index (Phi) is 5.42. The molecule has 0 rings (SSSR count). The SMILES string of the molecule is C=C[Si](C=C)(OCC(F)(F)F)OCC(F)(F)F. The van der Waals surface area contributed by atoms with Crippen molar-refractivity contribution in [1.82, 2.24) is 0 Å². The molecule has 0 atom stereocenters. The van der Waals surface area contributed by atoms with Gasteiger partial charge in [-0.05, 0) is 11.4 Å². The van der Waals surface area contributed by atoms with E-state index >= 15 is 0 Å². The molecular weight excluding hydrogens is 270 g/mol. The summed E-state index contributed by atoms with van der Waals surface area (Å²) >= 11 is 0. The van der Waals surface area contributed by atoms with Gasteiger partial charge in [-0.25, -0.2) is 0 Å². The fourth-order valence-corrected chi connectivity index (χ4v) is 2.25. The van der Waals surface area contributed by atoms with Gasteiger partial charge in [0, 0.05) is 0 Å². The van der Waals surface area contributed by atoms with Crippen molar-refractivity contribution >= 4 is 8.56 Å². The van der Waals surface area contributed by atoms with Crippen LogP contribution in [0, 0.1) is 0 Å². The highest BCUT2D eigenvalue weighted by Gasteiger charge is 2.40. The van der Waals surface area contributed by atoms with Gasteiger partial charge in [-0.3, -0.25) is 0 Å². The van der Waals surface area contributed by atoms with E-state index in [1.807, 2.05) is 0 Å². The Morgan fingerprint density at radius 3 is 1.29 bits per heavy atom. The first-order chi connectivity index (χ1) is 7.54. The first-order valence-corrected chi connectivity index (χ1v) is 6.19. The Morgan fingerprint density at radius 1 is 0.824 bits per heavy atom. The van der Waals surface area contributed by atoms with Crippen LogP contribution in [0.15, 0.2) is 24.6 Å². The highest BCUT2D eigenvalue weighted by Crippen LogP contribution is 2.22. The second-order valence-corrected chi connectivity index (χ2v) is 5.77. The average Bonchev–Trinajstić information content (AvgIpc) is 2.16. The number of hydrogen-bond acceptors (Lipinski definition) is 2. The first kappa shape index (κ1) is 16.2. The van der Waals surface area contributed by atoms with Crippen LogP contribution in [-0.2, 0) is 8.85 Å². The molecule has 0 amide bonds.